The van der Waals surface area contributed by atoms with Crippen molar-refractivity contribution in [1.29, 1.82) is 0 Å². The monoisotopic (exact) mass is 396 g/mol. The molecule has 3 aromatic heterocycles. The molecule has 0 aliphatic carbocycles. The number of hydrogen-bond donors (Lipinski definition) is 1. The standard InChI is InChI=1S/C18H20N8OS/c1-10-5-7-14(8-6-10)16-21-20-15(27-16)13(4)28-18-23-22-17(25(18)19)26-12(3)9-11(2)24-26/h5-9,13H,19H2,1-4H3. The van der Waals surface area contributed by atoms with Crippen LogP contribution in [0, 0.1) is 20.8 Å². The van der Waals surface area contributed by atoms with Crippen LogP contribution in [0.15, 0.2) is 39.9 Å². The van der Waals surface area contributed by atoms with E-state index in [0.717, 1.165) is 17.0 Å². The molecule has 2 N–H and O–H groups in total. The van der Waals surface area contributed by atoms with Crippen molar-refractivity contribution < 1.29 is 4.42 Å². The van der Waals surface area contributed by atoms with E-state index in [1.54, 1.807) is 4.68 Å². The lowest BCUT2D eigenvalue weighted by Gasteiger charge is -2.07. The van der Waals surface area contributed by atoms with Gasteiger partial charge in [-0.1, -0.05) is 29.5 Å². The highest BCUT2D eigenvalue weighted by atomic mass is 32.2. The van der Waals surface area contributed by atoms with Crippen LogP contribution >= 0.6 is 11.8 Å². The van der Waals surface area contributed by atoms with Crippen LogP contribution in [0.1, 0.15) is 35.0 Å². The molecule has 1 unspecified atom stereocenters. The minimum atomic E-state index is -0.147. The third kappa shape index (κ3) is 3.38. The molecule has 1 aromatic carbocycles. The Labute approximate surface area is 165 Å². The van der Waals surface area contributed by atoms with Crippen LogP contribution in [0.4, 0.5) is 0 Å². The fraction of sp³-hybridized carbons (Fsp3) is 0.278. The van der Waals surface area contributed by atoms with Crippen molar-refractivity contribution in [3.8, 4) is 17.4 Å². The van der Waals surface area contributed by atoms with Gasteiger partial charge in [0.05, 0.1) is 10.9 Å². The Morgan fingerprint density at radius 2 is 1.79 bits per heavy atom. The van der Waals surface area contributed by atoms with Crippen molar-refractivity contribution in [3.63, 3.8) is 0 Å². The fourth-order valence-electron chi connectivity index (χ4n) is 2.75. The molecule has 0 aliphatic heterocycles. The third-order valence-corrected chi connectivity index (χ3v) is 5.26. The molecule has 0 radical (unpaired) electrons. The summed E-state index contributed by atoms with van der Waals surface area (Å²) in [4.78, 5) is 0. The summed E-state index contributed by atoms with van der Waals surface area (Å²) in [7, 11) is 0. The second-order valence-corrected chi connectivity index (χ2v) is 7.87. The molecule has 28 heavy (non-hydrogen) atoms. The molecule has 10 heteroatoms. The van der Waals surface area contributed by atoms with Crippen LogP contribution in [-0.4, -0.2) is 34.9 Å². The highest BCUT2D eigenvalue weighted by Crippen LogP contribution is 2.34. The van der Waals surface area contributed by atoms with Gasteiger partial charge in [0.1, 0.15) is 0 Å². The van der Waals surface area contributed by atoms with Crippen LogP contribution in [0.25, 0.3) is 17.4 Å². The first-order chi connectivity index (χ1) is 13.4. The van der Waals surface area contributed by atoms with Crippen molar-refractivity contribution in [2.45, 2.75) is 38.1 Å². The van der Waals surface area contributed by atoms with E-state index in [-0.39, 0.29) is 5.25 Å². The maximum Gasteiger partial charge on any atom is 0.271 e. The second kappa shape index (κ2) is 7.12. The number of aromatic nitrogens is 7. The molecule has 0 saturated heterocycles. The van der Waals surface area contributed by atoms with Crippen LogP contribution in [-0.2, 0) is 0 Å². The highest BCUT2D eigenvalue weighted by Gasteiger charge is 2.21. The summed E-state index contributed by atoms with van der Waals surface area (Å²) >= 11 is 1.39. The average Bonchev–Trinajstić information content (AvgIpc) is 3.36. The Morgan fingerprint density at radius 1 is 1.04 bits per heavy atom. The Balaban J connectivity index is 1.54. The quantitative estimate of drug-likeness (QED) is 0.404. The number of rotatable bonds is 5. The number of benzene rings is 1. The lowest BCUT2D eigenvalue weighted by Crippen LogP contribution is -2.17. The molecule has 3 heterocycles. The van der Waals surface area contributed by atoms with Gasteiger partial charge in [-0.25, -0.2) is 9.36 Å². The molecule has 0 bridgehead atoms. The lowest BCUT2D eigenvalue weighted by atomic mass is 10.1. The second-order valence-electron chi connectivity index (χ2n) is 6.56. The molecule has 0 aliphatic rings. The summed E-state index contributed by atoms with van der Waals surface area (Å²) < 4.78 is 8.92. The topological polar surface area (TPSA) is 113 Å². The summed E-state index contributed by atoms with van der Waals surface area (Å²) in [5, 5.41) is 21.5. The third-order valence-electron chi connectivity index (χ3n) is 4.21. The van der Waals surface area contributed by atoms with Gasteiger partial charge in [-0.05, 0) is 45.9 Å². The minimum absolute atomic E-state index is 0.147. The molecule has 1 atom stereocenters. The number of nitrogens with zero attached hydrogens (tertiary/aromatic N) is 7. The maximum atomic E-state index is 6.19. The van der Waals surface area contributed by atoms with Gasteiger partial charge in [0, 0.05) is 11.3 Å². The van der Waals surface area contributed by atoms with Crippen LogP contribution in [0.2, 0.25) is 0 Å². The van der Waals surface area contributed by atoms with E-state index in [4.69, 9.17) is 10.3 Å². The van der Waals surface area contributed by atoms with Crippen molar-refractivity contribution in [2.75, 3.05) is 5.84 Å². The van der Waals surface area contributed by atoms with Gasteiger partial charge < -0.3 is 10.3 Å². The molecular formula is C18H20N8OS. The van der Waals surface area contributed by atoms with E-state index in [0.29, 0.717) is 22.9 Å². The Bertz CT molecular complexity index is 1110. The largest absolute Gasteiger partial charge is 0.419 e. The first kappa shape index (κ1) is 18.2. The van der Waals surface area contributed by atoms with Crippen LogP contribution in [0.5, 0.6) is 0 Å². The van der Waals surface area contributed by atoms with E-state index >= 15 is 0 Å². The molecule has 4 aromatic rings. The van der Waals surface area contributed by atoms with Gasteiger partial charge in [-0.15, -0.1) is 20.4 Å². The van der Waals surface area contributed by atoms with E-state index in [1.807, 2.05) is 58.0 Å². The van der Waals surface area contributed by atoms with E-state index < -0.39 is 0 Å². The fourth-order valence-corrected chi connectivity index (χ4v) is 3.54. The molecule has 0 fully saturated rings. The number of aryl methyl sites for hydroxylation is 3. The summed E-state index contributed by atoms with van der Waals surface area (Å²) in [5.41, 5.74) is 3.88. The molecule has 9 nitrogen and oxygen atoms in total. The number of nitrogen functional groups attached to an aromatic ring is 1. The number of thioether (sulfide) groups is 1. The summed E-state index contributed by atoms with van der Waals surface area (Å²) in [6.45, 7) is 7.84. The first-order valence-corrected chi connectivity index (χ1v) is 9.61. The van der Waals surface area contributed by atoms with Gasteiger partial charge in [0.2, 0.25) is 16.9 Å². The Morgan fingerprint density at radius 3 is 2.46 bits per heavy atom. The van der Waals surface area contributed by atoms with Crippen molar-refractivity contribution >= 4 is 11.8 Å². The normalized spacial score (nSPS) is 12.4. The Hall–Kier alpha value is -3.14. The maximum absolute atomic E-state index is 6.19. The molecule has 0 saturated carbocycles. The highest BCUT2D eigenvalue weighted by molar-refractivity contribution is 7.99. The van der Waals surface area contributed by atoms with Gasteiger partial charge in [-0.3, -0.25) is 0 Å². The first-order valence-electron chi connectivity index (χ1n) is 8.73. The summed E-state index contributed by atoms with van der Waals surface area (Å²) in [5.74, 6) is 7.63. The van der Waals surface area contributed by atoms with Crippen LogP contribution < -0.4 is 5.84 Å². The zero-order chi connectivity index (χ0) is 19.8. The van der Waals surface area contributed by atoms with Gasteiger partial charge in [0.25, 0.3) is 5.95 Å². The average molecular weight is 396 g/mol. The van der Waals surface area contributed by atoms with Crippen LogP contribution in [0.3, 0.4) is 0 Å². The van der Waals surface area contributed by atoms with E-state index in [9.17, 15) is 0 Å². The lowest BCUT2D eigenvalue weighted by molar-refractivity contribution is 0.508. The molecule has 0 amide bonds. The van der Waals surface area contributed by atoms with E-state index in [1.165, 1.54) is 22.0 Å². The van der Waals surface area contributed by atoms with Crippen molar-refractivity contribution in [1.82, 2.24) is 34.9 Å². The van der Waals surface area contributed by atoms with Gasteiger partial charge in [0.15, 0.2) is 0 Å². The minimum Gasteiger partial charge on any atom is -0.419 e. The predicted molar refractivity (Wildman–Crippen MR) is 106 cm³/mol. The van der Waals surface area contributed by atoms with Crippen molar-refractivity contribution in [3.05, 3.63) is 53.2 Å². The zero-order valence-electron chi connectivity index (χ0n) is 16.0. The molecular weight excluding hydrogens is 376 g/mol. The van der Waals surface area contributed by atoms with Gasteiger partial charge in [-0.2, -0.15) is 5.10 Å². The number of nitrogens with two attached hydrogens (primary N) is 1. The van der Waals surface area contributed by atoms with Gasteiger partial charge >= 0.3 is 0 Å². The molecule has 144 valence electrons. The number of hydrogen-bond acceptors (Lipinski definition) is 8. The van der Waals surface area contributed by atoms with E-state index in [2.05, 4.69) is 25.5 Å². The van der Waals surface area contributed by atoms with Crippen molar-refractivity contribution in [2.24, 2.45) is 0 Å². The predicted octanol–water partition coefficient (Wildman–Crippen LogP) is 3.01. The smallest absolute Gasteiger partial charge is 0.271 e. The molecule has 4 rings (SSSR count). The molecule has 0 spiro atoms. The summed E-state index contributed by atoms with van der Waals surface area (Å²) in [6.07, 6.45) is 0. The SMILES string of the molecule is Cc1ccc(-c2nnc(C(C)Sc3nnc(-n4nc(C)cc4C)n3N)o2)cc1. The zero-order valence-corrected chi connectivity index (χ0v) is 16.8. The Kier molecular flexibility index (Phi) is 4.63. The summed E-state index contributed by atoms with van der Waals surface area (Å²) in [6, 6.07) is 9.89.